The molecule has 12 nitrogen and oxygen atoms in total. The first-order valence-electron chi connectivity index (χ1n) is 22.6. The summed E-state index contributed by atoms with van der Waals surface area (Å²) in [6.07, 6.45) is 31.1. The van der Waals surface area contributed by atoms with Crippen LogP contribution in [0, 0.1) is 0 Å². The SMILES string of the molecule is CCCC/C=C/CCCCCCCCCCCC(=O)OC[C@H](CO[C@H]1O[C@H](CS(=O)(=O)O)[C@@H](O)C(O)C1O)OC(=O)/C=C/C=C/CCCCCCCCCCCCC. The van der Waals surface area contributed by atoms with E-state index in [9.17, 15) is 37.9 Å². The van der Waals surface area contributed by atoms with Crippen molar-refractivity contribution in [3.63, 3.8) is 0 Å². The molecule has 13 heteroatoms. The summed E-state index contributed by atoms with van der Waals surface area (Å²) in [5.74, 6) is -2.25. The molecular weight excluding hydrogens is 765 g/mol. The molecule has 0 aromatic carbocycles. The summed E-state index contributed by atoms with van der Waals surface area (Å²) in [4.78, 5) is 25.3. The van der Waals surface area contributed by atoms with Crippen LogP contribution in [0.5, 0.6) is 0 Å². The minimum Gasteiger partial charge on any atom is -0.462 e. The van der Waals surface area contributed by atoms with Crippen LogP contribution in [0.3, 0.4) is 0 Å². The zero-order valence-corrected chi connectivity index (χ0v) is 36.7. The molecule has 0 aromatic rings. The molecule has 1 aliphatic heterocycles. The van der Waals surface area contributed by atoms with Gasteiger partial charge in [0.15, 0.2) is 12.4 Å². The van der Waals surface area contributed by atoms with E-state index in [1.807, 2.05) is 6.08 Å². The van der Waals surface area contributed by atoms with E-state index in [1.165, 1.54) is 115 Å². The second kappa shape index (κ2) is 35.6. The zero-order chi connectivity index (χ0) is 42.7. The van der Waals surface area contributed by atoms with Gasteiger partial charge in [-0.15, -0.1) is 0 Å². The topological polar surface area (TPSA) is 186 Å². The summed E-state index contributed by atoms with van der Waals surface area (Å²) in [6, 6.07) is 0. The lowest BCUT2D eigenvalue weighted by atomic mass is 10.00. The third-order valence-corrected chi connectivity index (χ3v) is 11.0. The van der Waals surface area contributed by atoms with Crippen LogP contribution in [0.1, 0.15) is 181 Å². The molecule has 0 aliphatic carbocycles. The summed E-state index contributed by atoms with van der Waals surface area (Å²) in [5.41, 5.74) is 0. The number of ether oxygens (including phenoxy) is 4. The van der Waals surface area contributed by atoms with Crippen LogP contribution in [-0.2, 0) is 38.7 Å². The maximum Gasteiger partial charge on any atom is 0.331 e. The molecule has 1 aliphatic rings. The maximum atomic E-state index is 12.7. The molecule has 6 atom stereocenters. The smallest absolute Gasteiger partial charge is 0.331 e. The Morgan fingerprint density at radius 3 is 1.67 bits per heavy atom. The van der Waals surface area contributed by atoms with E-state index in [4.69, 9.17) is 18.9 Å². The van der Waals surface area contributed by atoms with Crippen molar-refractivity contribution in [2.24, 2.45) is 0 Å². The molecule has 0 radical (unpaired) electrons. The highest BCUT2D eigenvalue weighted by Gasteiger charge is 2.46. The molecule has 1 fully saturated rings. The molecular formula is C45H80O12S. The van der Waals surface area contributed by atoms with Crippen molar-refractivity contribution in [2.45, 2.75) is 218 Å². The van der Waals surface area contributed by atoms with Gasteiger partial charge in [0.05, 0.1) is 6.61 Å². The van der Waals surface area contributed by atoms with Gasteiger partial charge in [-0.3, -0.25) is 9.35 Å². The van der Waals surface area contributed by atoms with E-state index in [2.05, 4.69) is 26.0 Å². The number of unbranched alkanes of at least 4 members (excludes halogenated alkanes) is 22. The molecule has 4 N–H and O–H groups in total. The number of allylic oxidation sites excluding steroid dienone is 5. The lowest BCUT2D eigenvalue weighted by molar-refractivity contribution is -0.297. The van der Waals surface area contributed by atoms with Crippen molar-refractivity contribution < 1.29 is 56.8 Å². The van der Waals surface area contributed by atoms with Crippen molar-refractivity contribution >= 4 is 22.1 Å². The number of carbonyl (C=O) groups excluding carboxylic acids is 2. The van der Waals surface area contributed by atoms with E-state index in [0.29, 0.717) is 6.42 Å². The van der Waals surface area contributed by atoms with Gasteiger partial charge in [0.1, 0.15) is 36.8 Å². The fourth-order valence-corrected chi connectivity index (χ4v) is 7.43. The Hall–Kier alpha value is -2.13. The number of hydrogen-bond acceptors (Lipinski definition) is 11. The molecule has 1 saturated heterocycles. The Kier molecular flexibility index (Phi) is 33.1. The van der Waals surface area contributed by atoms with Crippen LogP contribution in [-0.4, -0.2) is 96.0 Å². The highest BCUT2D eigenvalue weighted by Crippen LogP contribution is 2.24. The average Bonchev–Trinajstić information content (AvgIpc) is 3.18. The minimum atomic E-state index is -4.61. The van der Waals surface area contributed by atoms with Crippen LogP contribution in [0.15, 0.2) is 36.5 Å². The quantitative estimate of drug-likeness (QED) is 0.0116. The highest BCUT2D eigenvalue weighted by atomic mass is 32.2. The molecule has 1 rings (SSSR count). The normalized spacial score (nSPS) is 20.7. The third kappa shape index (κ3) is 30.0. The summed E-state index contributed by atoms with van der Waals surface area (Å²) in [7, 11) is -4.61. The first-order chi connectivity index (χ1) is 28.0. The standard InChI is InChI=1S/C45H80O12S/c1-3-5-7-9-11-13-15-17-19-21-23-25-27-29-31-33-40(46)54-35-38(36-55-45-44(50)43(49)42(48)39(57-45)37-58(51,52)53)56-41(47)34-32-30-28-26-24-22-20-18-16-14-12-10-8-6-4-2/h9,11,28,30,32,34,38-39,42-45,48-50H,3-8,10,12-27,29,31,33,35-37H2,1-2H3,(H,51,52,53)/b11-9+,30-28+,34-32+/t38-,39-,42-,43?,44?,45+/m1/s1. The highest BCUT2D eigenvalue weighted by molar-refractivity contribution is 7.85. The van der Waals surface area contributed by atoms with Gasteiger partial charge in [0.2, 0.25) is 0 Å². The van der Waals surface area contributed by atoms with E-state index < -0.39 is 71.2 Å². The zero-order valence-electron chi connectivity index (χ0n) is 35.9. The molecule has 0 saturated carbocycles. The van der Waals surface area contributed by atoms with Crippen molar-refractivity contribution in [3.05, 3.63) is 36.5 Å². The van der Waals surface area contributed by atoms with Crippen LogP contribution < -0.4 is 0 Å². The Labute approximate surface area is 351 Å². The summed E-state index contributed by atoms with van der Waals surface area (Å²) < 4.78 is 53.8. The summed E-state index contributed by atoms with van der Waals surface area (Å²) in [6.45, 7) is 3.63. The van der Waals surface area contributed by atoms with Gasteiger partial charge in [-0.05, 0) is 38.5 Å². The Morgan fingerprint density at radius 1 is 0.621 bits per heavy atom. The maximum absolute atomic E-state index is 12.7. The molecule has 58 heavy (non-hydrogen) atoms. The minimum absolute atomic E-state index is 0.197. The molecule has 338 valence electrons. The molecule has 0 amide bonds. The number of aliphatic hydroxyl groups excluding tert-OH is 3. The van der Waals surface area contributed by atoms with E-state index in [-0.39, 0.29) is 13.0 Å². The van der Waals surface area contributed by atoms with Crippen LogP contribution in [0.4, 0.5) is 0 Å². The van der Waals surface area contributed by atoms with E-state index >= 15 is 0 Å². The van der Waals surface area contributed by atoms with Crippen LogP contribution in [0.25, 0.3) is 0 Å². The van der Waals surface area contributed by atoms with Gasteiger partial charge in [-0.25, -0.2) is 4.79 Å². The number of carbonyl (C=O) groups is 2. The van der Waals surface area contributed by atoms with Crippen molar-refractivity contribution in [2.75, 3.05) is 19.0 Å². The van der Waals surface area contributed by atoms with Gasteiger partial charge in [0.25, 0.3) is 10.1 Å². The Bertz CT molecular complexity index is 1220. The molecule has 0 aromatic heterocycles. The molecule has 2 unspecified atom stereocenters. The van der Waals surface area contributed by atoms with Gasteiger partial charge in [-0.2, -0.15) is 8.42 Å². The van der Waals surface area contributed by atoms with Gasteiger partial charge >= 0.3 is 11.9 Å². The number of rotatable bonds is 37. The lowest BCUT2D eigenvalue weighted by Gasteiger charge is -2.40. The summed E-state index contributed by atoms with van der Waals surface area (Å²) >= 11 is 0. The van der Waals surface area contributed by atoms with Crippen molar-refractivity contribution in [3.8, 4) is 0 Å². The monoisotopic (exact) mass is 845 g/mol. The fourth-order valence-electron chi connectivity index (χ4n) is 6.74. The second-order valence-corrected chi connectivity index (χ2v) is 17.3. The predicted molar refractivity (Wildman–Crippen MR) is 229 cm³/mol. The fraction of sp³-hybridized carbons (Fsp3) is 0.822. The van der Waals surface area contributed by atoms with Crippen molar-refractivity contribution in [1.82, 2.24) is 0 Å². The molecule has 0 spiro atoms. The van der Waals surface area contributed by atoms with Gasteiger partial charge in [0, 0.05) is 12.5 Å². The number of aliphatic hydroxyl groups is 3. The molecule has 1 heterocycles. The van der Waals surface area contributed by atoms with E-state index in [1.54, 1.807) is 12.2 Å². The largest absolute Gasteiger partial charge is 0.462 e. The average molecular weight is 845 g/mol. The number of esters is 2. The van der Waals surface area contributed by atoms with E-state index in [0.717, 1.165) is 44.9 Å². The van der Waals surface area contributed by atoms with Gasteiger partial charge < -0.3 is 34.3 Å². The summed E-state index contributed by atoms with van der Waals surface area (Å²) in [5, 5.41) is 30.8. The van der Waals surface area contributed by atoms with Crippen LogP contribution >= 0.6 is 0 Å². The van der Waals surface area contributed by atoms with Crippen LogP contribution in [0.2, 0.25) is 0 Å². The first kappa shape index (κ1) is 53.9. The number of hydrogen-bond donors (Lipinski definition) is 4. The third-order valence-electron chi connectivity index (χ3n) is 10.3. The predicted octanol–water partition coefficient (Wildman–Crippen LogP) is 9.00. The molecule has 0 bridgehead atoms. The Balaban J connectivity index is 2.50. The lowest BCUT2D eigenvalue weighted by Crippen LogP contribution is -2.60. The Morgan fingerprint density at radius 2 is 1.12 bits per heavy atom. The van der Waals surface area contributed by atoms with Crippen molar-refractivity contribution in [1.29, 1.82) is 0 Å². The second-order valence-electron chi connectivity index (χ2n) is 15.8. The first-order valence-corrected chi connectivity index (χ1v) is 24.2. The van der Waals surface area contributed by atoms with Gasteiger partial charge in [-0.1, -0.05) is 166 Å².